The van der Waals surface area contributed by atoms with Gasteiger partial charge in [0.05, 0.1) is 17.6 Å². The molecule has 1 aliphatic heterocycles. The summed E-state index contributed by atoms with van der Waals surface area (Å²) in [6.07, 6.45) is 10.4. The molecule has 0 saturated carbocycles. The maximum atomic E-state index is 13.6. The van der Waals surface area contributed by atoms with Crippen LogP contribution in [0.15, 0.2) is 73.1 Å². The first-order valence-corrected chi connectivity index (χ1v) is 18.2. The Morgan fingerprint density at radius 2 is 1.60 bits per heavy atom. The highest BCUT2D eigenvalue weighted by atomic mass is 32.1. The number of ether oxygens (including phenoxy) is 1. The van der Waals surface area contributed by atoms with E-state index in [4.69, 9.17) is 4.74 Å². The fourth-order valence-electron chi connectivity index (χ4n) is 6.00. The molecule has 0 unspecified atom stereocenters. The number of thiophene rings is 1. The summed E-state index contributed by atoms with van der Waals surface area (Å²) in [5.74, 6) is 0.900. The molecule has 2 aromatic carbocycles. The number of rotatable bonds is 15. The molecule has 48 heavy (non-hydrogen) atoms. The van der Waals surface area contributed by atoms with E-state index in [2.05, 4.69) is 37.7 Å². The van der Waals surface area contributed by atoms with Crippen molar-refractivity contribution in [3.8, 4) is 28.3 Å². The number of ketones is 1. The van der Waals surface area contributed by atoms with Gasteiger partial charge in [-0.3, -0.25) is 9.59 Å². The Labute approximate surface area is 289 Å². The number of nitrogens with zero attached hydrogens (tertiary/aromatic N) is 3. The molecule has 2 aromatic heterocycles. The first kappa shape index (κ1) is 35.4. The van der Waals surface area contributed by atoms with Crippen molar-refractivity contribution in [2.24, 2.45) is 5.92 Å². The van der Waals surface area contributed by atoms with Gasteiger partial charge in [0.1, 0.15) is 5.75 Å². The molecule has 0 aliphatic carbocycles. The summed E-state index contributed by atoms with van der Waals surface area (Å²) >= 11 is 1.51. The molecular weight excluding hydrogens is 619 g/mol. The molecule has 4 aromatic rings. The largest absolute Gasteiger partial charge is 0.494 e. The zero-order chi connectivity index (χ0) is 34.1. The SMILES string of the molecule is CCCCCCCOc1ccc(-c2cnc(-c3ccc(C[C@H](CC(=O)c4ccc(C(C)(C)C)s4)C(=O)N4CC[C@H](O)C4)cc3)nc2)cc1. The Hall–Kier alpha value is -3.88. The molecule has 1 fully saturated rings. The lowest BCUT2D eigenvalue weighted by atomic mass is 9.92. The molecule has 3 heterocycles. The van der Waals surface area contributed by atoms with Crippen LogP contribution in [0.2, 0.25) is 0 Å². The van der Waals surface area contributed by atoms with E-state index in [1.807, 2.05) is 73.1 Å². The van der Waals surface area contributed by atoms with Gasteiger partial charge in [0.15, 0.2) is 11.6 Å². The van der Waals surface area contributed by atoms with Crippen molar-refractivity contribution in [1.82, 2.24) is 14.9 Å². The summed E-state index contributed by atoms with van der Waals surface area (Å²) in [6.45, 7) is 10.2. The normalized spacial score (nSPS) is 15.4. The van der Waals surface area contributed by atoms with E-state index in [9.17, 15) is 14.7 Å². The van der Waals surface area contributed by atoms with E-state index in [0.29, 0.717) is 36.6 Å². The fourth-order valence-corrected chi connectivity index (χ4v) is 7.01. The monoisotopic (exact) mass is 667 g/mol. The van der Waals surface area contributed by atoms with E-state index in [0.717, 1.165) is 45.9 Å². The lowest BCUT2D eigenvalue weighted by Gasteiger charge is -2.23. The topological polar surface area (TPSA) is 92.6 Å². The number of β-amino-alcohol motifs (C(OH)–C–C–N with tert-alkyl or cyclic N) is 1. The van der Waals surface area contributed by atoms with Crippen molar-refractivity contribution < 1.29 is 19.4 Å². The lowest BCUT2D eigenvalue weighted by Crippen LogP contribution is -2.37. The number of aromatic nitrogens is 2. The maximum absolute atomic E-state index is 13.6. The number of aliphatic hydroxyl groups is 1. The van der Waals surface area contributed by atoms with Gasteiger partial charge in [0.2, 0.25) is 5.91 Å². The van der Waals surface area contributed by atoms with Gasteiger partial charge in [-0.05, 0) is 60.1 Å². The third-order valence-electron chi connectivity index (χ3n) is 8.93. The van der Waals surface area contributed by atoms with Crippen molar-refractivity contribution >= 4 is 23.0 Å². The smallest absolute Gasteiger partial charge is 0.226 e. The number of amides is 1. The van der Waals surface area contributed by atoms with Crippen LogP contribution in [0.1, 0.15) is 92.8 Å². The number of hydrogen-bond acceptors (Lipinski definition) is 7. The molecule has 1 amide bonds. The van der Waals surface area contributed by atoms with Crippen LogP contribution in [0, 0.1) is 5.92 Å². The number of carbonyl (C=O) groups is 2. The summed E-state index contributed by atoms with van der Waals surface area (Å²) in [7, 11) is 0. The molecule has 0 radical (unpaired) electrons. The predicted octanol–water partition coefficient (Wildman–Crippen LogP) is 8.54. The van der Waals surface area contributed by atoms with Crippen molar-refractivity contribution in [3.05, 3.63) is 88.4 Å². The van der Waals surface area contributed by atoms with E-state index < -0.39 is 12.0 Å². The van der Waals surface area contributed by atoms with Crippen LogP contribution in [0.25, 0.3) is 22.5 Å². The molecule has 1 saturated heterocycles. The molecule has 254 valence electrons. The van der Waals surface area contributed by atoms with Crippen molar-refractivity contribution in [2.45, 2.75) is 90.6 Å². The summed E-state index contributed by atoms with van der Waals surface area (Å²) in [6, 6.07) is 19.9. The van der Waals surface area contributed by atoms with Crippen LogP contribution < -0.4 is 4.74 Å². The van der Waals surface area contributed by atoms with Gasteiger partial charge in [-0.25, -0.2) is 9.97 Å². The molecule has 0 spiro atoms. The second-order valence-corrected chi connectivity index (χ2v) is 15.0. The van der Waals surface area contributed by atoms with E-state index in [-0.39, 0.29) is 23.5 Å². The maximum Gasteiger partial charge on any atom is 0.226 e. The number of carbonyl (C=O) groups excluding carboxylic acids is 2. The summed E-state index contributed by atoms with van der Waals surface area (Å²) < 4.78 is 5.90. The molecule has 2 atom stereocenters. The average Bonchev–Trinajstić information content (AvgIpc) is 3.77. The third kappa shape index (κ3) is 9.60. The molecule has 5 rings (SSSR count). The Morgan fingerprint density at radius 3 is 2.23 bits per heavy atom. The van der Waals surface area contributed by atoms with Gasteiger partial charge < -0.3 is 14.7 Å². The number of aliphatic hydroxyl groups excluding tert-OH is 1. The second-order valence-electron chi connectivity index (χ2n) is 13.9. The summed E-state index contributed by atoms with van der Waals surface area (Å²) in [4.78, 5) is 39.8. The molecule has 1 N–H and O–H groups in total. The Bertz CT molecular complexity index is 1620. The van der Waals surface area contributed by atoms with Crippen LogP contribution in [0.4, 0.5) is 0 Å². The van der Waals surface area contributed by atoms with E-state index >= 15 is 0 Å². The molecule has 8 heteroatoms. The van der Waals surface area contributed by atoms with Gasteiger partial charge in [0.25, 0.3) is 0 Å². The molecule has 1 aliphatic rings. The van der Waals surface area contributed by atoms with E-state index in [1.54, 1.807) is 4.90 Å². The molecular formula is C40H49N3O4S. The lowest BCUT2D eigenvalue weighted by molar-refractivity contribution is -0.134. The quantitative estimate of drug-likeness (QED) is 0.101. The van der Waals surface area contributed by atoms with Gasteiger partial charge >= 0.3 is 0 Å². The Morgan fingerprint density at radius 1 is 0.917 bits per heavy atom. The predicted molar refractivity (Wildman–Crippen MR) is 194 cm³/mol. The Kier molecular flexibility index (Phi) is 12.2. The third-order valence-corrected chi connectivity index (χ3v) is 10.5. The van der Waals surface area contributed by atoms with Gasteiger partial charge in [-0.2, -0.15) is 0 Å². The first-order chi connectivity index (χ1) is 23.1. The zero-order valence-electron chi connectivity index (χ0n) is 28.8. The number of likely N-dealkylation sites (tertiary alicyclic amines) is 1. The minimum absolute atomic E-state index is 0.0151. The highest BCUT2D eigenvalue weighted by molar-refractivity contribution is 7.14. The number of unbranched alkanes of at least 4 members (excludes halogenated alkanes) is 4. The Balaban J connectivity index is 1.21. The minimum atomic E-state index is -0.508. The number of benzene rings is 2. The van der Waals surface area contributed by atoms with Crippen molar-refractivity contribution in [3.63, 3.8) is 0 Å². The first-order valence-electron chi connectivity index (χ1n) is 17.4. The van der Waals surface area contributed by atoms with Crippen LogP contribution in [0.5, 0.6) is 5.75 Å². The second kappa shape index (κ2) is 16.5. The molecule has 7 nitrogen and oxygen atoms in total. The van der Waals surface area contributed by atoms with Crippen LogP contribution in [-0.4, -0.2) is 57.5 Å². The van der Waals surface area contributed by atoms with Gasteiger partial charge in [-0.15, -0.1) is 11.3 Å². The summed E-state index contributed by atoms with van der Waals surface area (Å²) in [5.41, 5.74) is 3.76. The highest BCUT2D eigenvalue weighted by Gasteiger charge is 2.32. The van der Waals surface area contributed by atoms with Crippen LogP contribution in [0.3, 0.4) is 0 Å². The van der Waals surface area contributed by atoms with Crippen molar-refractivity contribution in [1.29, 1.82) is 0 Å². The zero-order valence-corrected chi connectivity index (χ0v) is 29.6. The average molecular weight is 668 g/mol. The number of Topliss-reactive ketones (excluding diaryl/α,β-unsaturated/α-hetero) is 1. The number of hydrogen-bond donors (Lipinski definition) is 1. The van der Waals surface area contributed by atoms with Crippen LogP contribution >= 0.6 is 11.3 Å². The summed E-state index contributed by atoms with van der Waals surface area (Å²) in [5, 5.41) is 10.1. The van der Waals surface area contributed by atoms with Gasteiger partial charge in [0, 0.05) is 53.8 Å². The minimum Gasteiger partial charge on any atom is -0.494 e. The fraction of sp³-hybridized carbons (Fsp3) is 0.450. The standard InChI is InChI=1S/C40H49N3O4S/c1-5-6-7-8-9-22-47-34-16-14-29(15-17-34)32-25-41-38(42-26-32)30-12-10-28(11-13-30)23-31(39(46)43-21-20-33(44)27-43)24-35(45)36-18-19-37(48-36)40(2,3)4/h10-19,25-26,31,33,44H,5-9,20-24,27H2,1-4H3/t31-,33+/m1/s1. The van der Waals surface area contributed by atoms with Crippen molar-refractivity contribution in [2.75, 3.05) is 19.7 Å². The van der Waals surface area contributed by atoms with E-state index in [1.165, 1.54) is 37.0 Å². The van der Waals surface area contributed by atoms with Gasteiger partial charge in [-0.1, -0.05) is 89.8 Å². The molecule has 0 bridgehead atoms. The van der Waals surface area contributed by atoms with Crippen LogP contribution in [-0.2, 0) is 16.6 Å². The highest BCUT2D eigenvalue weighted by Crippen LogP contribution is 2.31.